The highest BCUT2D eigenvalue weighted by molar-refractivity contribution is 6.18. The van der Waals surface area contributed by atoms with Crippen LogP contribution in [0.5, 0.6) is 11.5 Å². The molecule has 4 heteroatoms. The topological polar surface area (TPSA) is 29.5 Å². The highest BCUT2D eigenvalue weighted by atomic mass is 35.5. The molecule has 102 valence electrons. The summed E-state index contributed by atoms with van der Waals surface area (Å²) in [7, 11) is 0. The van der Waals surface area contributed by atoms with E-state index in [9.17, 15) is 4.79 Å². The van der Waals surface area contributed by atoms with Gasteiger partial charge in [0, 0.05) is 12.3 Å². The van der Waals surface area contributed by atoms with Crippen LogP contribution in [0.4, 0.5) is 11.4 Å². The van der Waals surface area contributed by atoms with Gasteiger partial charge in [0.1, 0.15) is 0 Å². The molecule has 20 heavy (non-hydrogen) atoms. The Balaban J connectivity index is 2.05. The molecule has 3 rings (SSSR count). The van der Waals surface area contributed by atoms with E-state index in [-0.39, 0.29) is 5.91 Å². The van der Waals surface area contributed by atoms with Crippen molar-refractivity contribution in [1.82, 2.24) is 0 Å². The van der Waals surface area contributed by atoms with Crippen molar-refractivity contribution in [1.29, 1.82) is 0 Å². The second kappa shape index (κ2) is 5.55. The van der Waals surface area contributed by atoms with Crippen LogP contribution in [0.1, 0.15) is 12.8 Å². The van der Waals surface area contributed by atoms with Gasteiger partial charge in [-0.2, -0.15) is 0 Å². The molecule has 0 unspecified atom stereocenters. The third-order valence-electron chi connectivity index (χ3n) is 3.21. The second-order valence-corrected chi connectivity index (χ2v) is 4.94. The Kier molecular flexibility index (Phi) is 3.61. The summed E-state index contributed by atoms with van der Waals surface area (Å²) in [5.41, 5.74) is 1.57. The fourth-order valence-corrected chi connectivity index (χ4v) is 2.44. The maximum Gasteiger partial charge on any atom is 0.231 e. The van der Waals surface area contributed by atoms with Gasteiger partial charge in [-0.15, -0.1) is 11.6 Å². The van der Waals surface area contributed by atoms with E-state index in [1.807, 2.05) is 48.5 Å². The van der Waals surface area contributed by atoms with E-state index < -0.39 is 0 Å². The zero-order valence-corrected chi connectivity index (χ0v) is 11.6. The summed E-state index contributed by atoms with van der Waals surface area (Å²) in [6.45, 7) is 0. The number of fused-ring (bicyclic) bond motifs is 2. The Labute approximate surface area is 122 Å². The lowest BCUT2D eigenvalue weighted by atomic mass is 10.1. The Morgan fingerprint density at radius 1 is 1.00 bits per heavy atom. The Morgan fingerprint density at radius 2 is 1.55 bits per heavy atom. The first-order valence-corrected chi connectivity index (χ1v) is 7.09. The van der Waals surface area contributed by atoms with E-state index in [4.69, 9.17) is 16.3 Å². The van der Waals surface area contributed by atoms with Crippen molar-refractivity contribution in [3.8, 4) is 11.5 Å². The van der Waals surface area contributed by atoms with Crippen LogP contribution in [0.2, 0.25) is 0 Å². The van der Waals surface area contributed by atoms with Crippen LogP contribution < -0.4 is 9.64 Å². The minimum absolute atomic E-state index is 0.0360. The largest absolute Gasteiger partial charge is 0.453 e. The number of carbonyl (C=O) groups excluding carboxylic acids is 1. The molecule has 2 aromatic carbocycles. The molecule has 3 nitrogen and oxygen atoms in total. The molecule has 0 saturated carbocycles. The number of alkyl halides is 1. The zero-order chi connectivity index (χ0) is 13.9. The first kappa shape index (κ1) is 13.0. The summed E-state index contributed by atoms with van der Waals surface area (Å²) >= 11 is 5.69. The summed E-state index contributed by atoms with van der Waals surface area (Å²) < 4.78 is 5.84. The molecule has 0 aliphatic carbocycles. The van der Waals surface area contributed by atoms with Crippen molar-refractivity contribution in [3.63, 3.8) is 0 Å². The standard InChI is InChI=1S/C16H14ClNO2/c17-11-5-10-16(19)18-12-6-1-3-8-14(12)20-15-9-4-2-7-13(15)18/h1-4,6-9H,5,10-11H2. The lowest BCUT2D eigenvalue weighted by Gasteiger charge is -2.31. The number of amides is 1. The summed E-state index contributed by atoms with van der Waals surface area (Å²) in [5, 5.41) is 0. The monoisotopic (exact) mass is 287 g/mol. The highest BCUT2D eigenvalue weighted by Gasteiger charge is 2.28. The van der Waals surface area contributed by atoms with Crippen LogP contribution in [-0.2, 0) is 4.79 Å². The van der Waals surface area contributed by atoms with E-state index in [1.165, 1.54) is 0 Å². The van der Waals surface area contributed by atoms with Crippen LogP contribution in [0.3, 0.4) is 0 Å². The summed E-state index contributed by atoms with van der Waals surface area (Å²) in [6, 6.07) is 15.1. The minimum Gasteiger partial charge on any atom is -0.453 e. The maximum atomic E-state index is 12.5. The van der Waals surface area contributed by atoms with Gasteiger partial charge in [-0.25, -0.2) is 0 Å². The molecule has 1 amide bonds. The molecule has 0 atom stereocenters. The molecule has 0 saturated heterocycles. The molecule has 2 aromatic rings. The molecule has 1 heterocycles. The van der Waals surface area contributed by atoms with Gasteiger partial charge in [0.25, 0.3) is 0 Å². The van der Waals surface area contributed by atoms with Crippen LogP contribution >= 0.6 is 11.6 Å². The van der Waals surface area contributed by atoms with Crippen molar-refractivity contribution in [2.75, 3.05) is 10.8 Å². The van der Waals surface area contributed by atoms with Gasteiger partial charge in [0.15, 0.2) is 11.5 Å². The summed E-state index contributed by atoms with van der Waals surface area (Å²) in [4.78, 5) is 14.2. The van der Waals surface area contributed by atoms with E-state index in [0.29, 0.717) is 30.2 Å². The third kappa shape index (κ3) is 2.25. The predicted octanol–water partition coefficient (Wildman–Crippen LogP) is 4.48. The van der Waals surface area contributed by atoms with Gasteiger partial charge >= 0.3 is 0 Å². The quantitative estimate of drug-likeness (QED) is 0.779. The van der Waals surface area contributed by atoms with Crippen LogP contribution in [0.25, 0.3) is 0 Å². The number of benzene rings is 2. The molecular weight excluding hydrogens is 274 g/mol. The van der Waals surface area contributed by atoms with Gasteiger partial charge in [-0.1, -0.05) is 24.3 Å². The number of rotatable bonds is 3. The molecular formula is C16H14ClNO2. The van der Waals surface area contributed by atoms with Gasteiger partial charge in [0.2, 0.25) is 5.91 Å². The van der Waals surface area contributed by atoms with Crippen LogP contribution in [-0.4, -0.2) is 11.8 Å². The number of para-hydroxylation sites is 4. The predicted molar refractivity (Wildman–Crippen MR) is 80.1 cm³/mol. The van der Waals surface area contributed by atoms with Crippen molar-refractivity contribution in [2.45, 2.75) is 12.8 Å². The maximum absolute atomic E-state index is 12.5. The average molecular weight is 288 g/mol. The molecule has 1 aliphatic heterocycles. The fourth-order valence-electron chi connectivity index (χ4n) is 2.30. The minimum atomic E-state index is 0.0360. The highest BCUT2D eigenvalue weighted by Crippen LogP contribution is 2.46. The number of hydrogen-bond donors (Lipinski definition) is 0. The van der Waals surface area contributed by atoms with Crippen LogP contribution in [0.15, 0.2) is 48.5 Å². The number of carbonyl (C=O) groups is 1. The van der Waals surface area contributed by atoms with Crippen molar-refractivity contribution < 1.29 is 9.53 Å². The molecule has 0 fully saturated rings. The molecule has 0 radical (unpaired) electrons. The smallest absolute Gasteiger partial charge is 0.231 e. The lowest BCUT2D eigenvalue weighted by molar-refractivity contribution is -0.118. The molecule has 0 spiro atoms. The number of hydrogen-bond acceptors (Lipinski definition) is 2. The van der Waals surface area contributed by atoms with E-state index in [2.05, 4.69) is 0 Å². The Morgan fingerprint density at radius 3 is 2.10 bits per heavy atom. The SMILES string of the molecule is O=C(CCCCl)N1c2ccccc2Oc2ccccc21. The van der Waals surface area contributed by atoms with E-state index in [0.717, 1.165) is 11.4 Å². The molecule has 0 bridgehead atoms. The van der Waals surface area contributed by atoms with E-state index >= 15 is 0 Å². The summed E-state index contributed by atoms with van der Waals surface area (Å²) in [5.74, 6) is 1.92. The summed E-state index contributed by atoms with van der Waals surface area (Å²) in [6.07, 6.45) is 1.09. The fraction of sp³-hybridized carbons (Fsp3) is 0.188. The lowest BCUT2D eigenvalue weighted by Crippen LogP contribution is -2.28. The molecule has 1 aliphatic rings. The van der Waals surface area contributed by atoms with Gasteiger partial charge < -0.3 is 4.74 Å². The van der Waals surface area contributed by atoms with Crippen molar-refractivity contribution in [2.24, 2.45) is 0 Å². The number of ether oxygens (including phenoxy) is 1. The Bertz CT molecular complexity index is 596. The van der Waals surface area contributed by atoms with Crippen LogP contribution in [0, 0.1) is 0 Å². The first-order chi connectivity index (χ1) is 9.81. The second-order valence-electron chi connectivity index (χ2n) is 4.56. The normalized spacial score (nSPS) is 12.3. The Hall–Kier alpha value is -2.00. The van der Waals surface area contributed by atoms with E-state index in [1.54, 1.807) is 4.90 Å². The molecule has 0 aromatic heterocycles. The van der Waals surface area contributed by atoms with Gasteiger partial charge in [-0.3, -0.25) is 9.69 Å². The number of anilines is 2. The van der Waals surface area contributed by atoms with Crippen molar-refractivity contribution in [3.05, 3.63) is 48.5 Å². The first-order valence-electron chi connectivity index (χ1n) is 6.56. The number of nitrogens with zero attached hydrogens (tertiary/aromatic N) is 1. The zero-order valence-electron chi connectivity index (χ0n) is 10.9. The number of halogens is 1. The van der Waals surface area contributed by atoms with Gasteiger partial charge in [0.05, 0.1) is 11.4 Å². The molecule has 0 N–H and O–H groups in total. The van der Waals surface area contributed by atoms with Crippen molar-refractivity contribution >= 4 is 28.9 Å². The van der Waals surface area contributed by atoms with Gasteiger partial charge in [-0.05, 0) is 30.7 Å². The third-order valence-corrected chi connectivity index (χ3v) is 3.47. The average Bonchev–Trinajstić information content (AvgIpc) is 2.50.